The second kappa shape index (κ2) is 11.4. The molecule has 13 heteroatoms. The molecule has 0 aromatic carbocycles. The minimum atomic E-state index is -4.60. The summed E-state index contributed by atoms with van der Waals surface area (Å²) in [6.45, 7) is 5.36. The molecule has 5 rings (SSSR count). The highest BCUT2D eigenvalue weighted by molar-refractivity contribution is 5.90. The van der Waals surface area contributed by atoms with E-state index in [0.29, 0.717) is 31.6 Å². The van der Waals surface area contributed by atoms with Gasteiger partial charge < -0.3 is 20.3 Å². The number of likely N-dealkylation sites (tertiary alicyclic amines) is 1. The first-order valence-corrected chi connectivity index (χ1v) is 13.8. The number of carbonyl (C=O) groups excluding carboxylic acids is 1. The highest BCUT2D eigenvalue weighted by atomic mass is 19.4. The zero-order chi connectivity index (χ0) is 27.6. The van der Waals surface area contributed by atoms with Gasteiger partial charge in [0, 0.05) is 44.4 Å². The molecule has 0 amide bonds. The van der Waals surface area contributed by atoms with Crippen molar-refractivity contribution in [1.82, 2.24) is 30.0 Å². The Morgan fingerprint density at radius 1 is 1.26 bits per heavy atom. The van der Waals surface area contributed by atoms with Gasteiger partial charge in [0.05, 0.1) is 17.4 Å². The van der Waals surface area contributed by atoms with Crippen LogP contribution in [0.5, 0.6) is 0 Å². The fourth-order valence-corrected chi connectivity index (χ4v) is 5.58. The third kappa shape index (κ3) is 6.20. The van der Waals surface area contributed by atoms with E-state index in [1.54, 1.807) is 0 Å². The largest absolute Gasteiger partial charge is 0.421 e. The predicted octanol–water partition coefficient (Wildman–Crippen LogP) is 3.89. The Labute approximate surface area is 226 Å². The van der Waals surface area contributed by atoms with Crippen LogP contribution in [0.25, 0.3) is 0 Å². The summed E-state index contributed by atoms with van der Waals surface area (Å²) in [5, 5.41) is 13.6. The SMILES string of the molecule is Cc1nn(C2CCN(C)CC2)cc1Nc1ncc(C(F)(F)F)c(NCCCC2CCCOC3(CCN3)C2=O)n1. The molecule has 10 nitrogen and oxygen atoms in total. The second-order valence-electron chi connectivity index (χ2n) is 10.8. The molecule has 0 saturated carbocycles. The van der Waals surface area contributed by atoms with E-state index in [2.05, 4.69) is 43.0 Å². The zero-order valence-corrected chi connectivity index (χ0v) is 22.5. The fraction of sp³-hybridized carbons (Fsp3) is 0.692. The number of alkyl halides is 3. The average molecular weight is 551 g/mol. The van der Waals surface area contributed by atoms with Gasteiger partial charge in [0.1, 0.15) is 11.4 Å². The van der Waals surface area contributed by atoms with Crippen molar-refractivity contribution in [2.24, 2.45) is 5.92 Å². The molecule has 0 radical (unpaired) electrons. The summed E-state index contributed by atoms with van der Waals surface area (Å²) < 4.78 is 48.8. The Morgan fingerprint density at radius 2 is 2.03 bits per heavy atom. The number of nitrogens with zero attached hydrogens (tertiary/aromatic N) is 5. The minimum Gasteiger partial charge on any atom is -0.369 e. The van der Waals surface area contributed by atoms with E-state index >= 15 is 0 Å². The quantitative estimate of drug-likeness (QED) is 0.422. The van der Waals surface area contributed by atoms with Crippen LogP contribution in [0.15, 0.2) is 12.4 Å². The van der Waals surface area contributed by atoms with Crippen LogP contribution >= 0.6 is 0 Å². The van der Waals surface area contributed by atoms with Crippen LogP contribution in [0.4, 0.5) is 30.6 Å². The van der Waals surface area contributed by atoms with Crippen molar-refractivity contribution < 1.29 is 22.7 Å². The highest BCUT2D eigenvalue weighted by Gasteiger charge is 2.48. The molecule has 0 aliphatic carbocycles. The molecule has 0 bridgehead atoms. The molecule has 3 fully saturated rings. The van der Waals surface area contributed by atoms with E-state index in [9.17, 15) is 18.0 Å². The summed E-state index contributed by atoms with van der Waals surface area (Å²) >= 11 is 0. The van der Waals surface area contributed by atoms with Crippen molar-refractivity contribution in [2.45, 2.75) is 69.8 Å². The van der Waals surface area contributed by atoms with E-state index in [1.165, 1.54) is 0 Å². The van der Waals surface area contributed by atoms with Crippen LogP contribution in [0.3, 0.4) is 0 Å². The van der Waals surface area contributed by atoms with Crippen molar-refractivity contribution in [3.05, 3.63) is 23.7 Å². The third-order valence-corrected chi connectivity index (χ3v) is 8.04. The maximum Gasteiger partial charge on any atom is 0.421 e. The van der Waals surface area contributed by atoms with Gasteiger partial charge in [0.15, 0.2) is 11.5 Å². The number of anilines is 3. The molecule has 3 saturated heterocycles. The molecule has 2 aromatic heterocycles. The van der Waals surface area contributed by atoms with Crippen molar-refractivity contribution in [1.29, 1.82) is 0 Å². The lowest BCUT2D eigenvalue weighted by atomic mass is 9.84. The van der Waals surface area contributed by atoms with E-state index in [-0.39, 0.29) is 36.1 Å². The van der Waals surface area contributed by atoms with E-state index in [0.717, 1.165) is 57.2 Å². The standard InChI is InChI=1S/C26H37F3N8O2/c1-17-21(16-37(35-17)19-7-12-36(2)13-8-19)33-24-31-15-20(26(27,28)29)23(34-24)30-10-3-5-18-6-4-14-39-25(22(18)38)9-11-32-25/h15-16,18-19,32H,3-14H2,1-2H3,(H2,30,31,33,34). The van der Waals surface area contributed by atoms with Gasteiger partial charge in [-0.3, -0.25) is 14.8 Å². The van der Waals surface area contributed by atoms with Gasteiger partial charge in [-0.05, 0) is 65.6 Å². The number of hydrogen-bond acceptors (Lipinski definition) is 9. The predicted molar refractivity (Wildman–Crippen MR) is 140 cm³/mol. The lowest BCUT2D eigenvalue weighted by Gasteiger charge is -2.41. The number of rotatable bonds is 8. The van der Waals surface area contributed by atoms with E-state index in [1.807, 2.05) is 17.8 Å². The zero-order valence-electron chi connectivity index (χ0n) is 22.5. The summed E-state index contributed by atoms with van der Waals surface area (Å²) in [7, 11) is 2.10. The van der Waals surface area contributed by atoms with Gasteiger partial charge in [-0.15, -0.1) is 0 Å². The molecule has 2 aromatic rings. The van der Waals surface area contributed by atoms with E-state index < -0.39 is 17.5 Å². The molecule has 2 unspecified atom stereocenters. The van der Waals surface area contributed by atoms with Crippen LogP contribution in [-0.4, -0.2) is 76.0 Å². The number of aromatic nitrogens is 4. The van der Waals surface area contributed by atoms with Crippen molar-refractivity contribution >= 4 is 23.2 Å². The molecule has 3 N–H and O–H groups in total. The Balaban J connectivity index is 1.23. The van der Waals surface area contributed by atoms with E-state index in [4.69, 9.17) is 4.74 Å². The van der Waals surface area contributed by atoms with Gasteiger partial charge in [-0.2, -0.15) is 23.3 Å². The first kappa shape index (κ1) is 27.8. The van der Waals surface area contributed by atoms with Crippen LogP contribution in [-0.2, 0) is 15.7 Å². The maximum atomic E-state index is 13.7. The van der Waals surface area contributed by atoms with Crippen molar-refractivity contribution in [3.8, 4) is 0 Å². The van der Waals surface area contributed by atoms with Gasteiger partial charge in [0.25, 0.3) is 0 Å². The van der Waals surface area contributed by atoms with Crippen LogP contribution < -0.4 is 16.0 Å². The number of halogens is 3. The van der Waals surface area contributed by atoms with Crippen LogP contribution in [0.2, 0.25) is 0 Å². The van der Waals surface area contributed by atoms with Crippen molar-refractivity contribution in [3.63, 3.8) is 0 Å². The number of aryl methyl sites for hydroxylation is 1. The third-order valence-electron chi connectivity index (χ3n) is 8.04. The molecule has 5 heterocycles. The number of piperidine rings is 1. The van der Waals surface area contributed by atoms with Gasteiger partial charge in [-0.1, -0.05) is 0 Å². The first-order chi connectivity index (χ1) is 18.6. The number of ketones is 1. The summed E-state index contributed by atoms with van der Waals surface area (Å²) in [6.07, 6.45) is 3.32. The average Bonchev–Trinajstić information content (AvgIpc) is 3.13. The molecule has 214 valence electrons. The lowest BCUT2D eigenvalue weighted by Crippen LogP contribution is -2.64. The molecule has 3 aliphatic rings. The second-order valence-corrected chi connectivity index (χ2v) is 10.8. The van der Waals surface area contributed by atoms with Gasteiger partial charge >= 0.3 is 6.18 Å². The number of ether oxygens (including phenoxy) is 1. The first-order valence-electron chi connectivity index (χ1n) is 13.8. The maximum absolute atomic E-state index is 13.7. The summed E-state index contributed by atoms with van der Waals surface area (Å²) in [5.74, 6) is -0.332. The number of carbonyl (C=O) groups is 1. The Kier molecular flexibility index (Phi) is 8.11. The fourth-order valence-electron chi connectivity index (χ4n) is 5.58. The monoisotopic (exact) mass is 550 g/mol. The molecule has 3 aliphatic heterocycles. The molecule has 1 spiro atoms. The van der Waals surface area contributed by atoms with Crippen LogP contribution in [0, 0.1) is 12.8 Å². The topological polar surface area (TPSA) is 109 Å². The summed E-state index contributed by atoms with van der Waals surface area (Å²) in [4.78, 5) is 23.4. The van der Waals surface area contributed by atoms with Gasteiger partial charge in [0.2, 0.25) is 5.95 Å². The molecular formula is C26H37F3N8O2. The summed E-state index contributed by atoms with van der Waals surface area (Å²) in [5.41, 5.74) is -0.400. The summed E-state index contributed by atoms with van der Waals surface area (Å²) in [6, 6.07) is 0.281. The molecule has 2 atom stereocenters. The number of Topliss-reactive ketones (excluding diaryl/α,β-unsaturated/α-hetero) is 1. The smallest absolute Gasteiger partial charge is 0.369 e. The van der Waals surface area contributed by atoms with Gasteiger partial charge in [-0.25, -0.2) is 4.98 Å². The highest BCUT2D eigenvalue weighted by Crippen LogP contribution is 2.35. The Morgan fingerprint density at radius 3 is 2.72 bits per heavy atom. The minimum absolute atomic E-state index is 0.0608. The number of hydrogen-bond donors (Lipinski definition) is 3. The Hall–Kier alpha value is -2.77. The van der Waals surface area contributed by atoms with Crippen molar-refractivity contribution in [2.75, 3.05) is 50.5 Å². The van der Waals surface area contributed by atoms with Crippen LogP contribution in [0.1, 0.15) is 62.2 Å². The molecule has 39 heavy (non-hydrogen) atoms. The number of nitrogens with one attached hydrogen (secondary N) is 3. The normalized spacial score (nSPS) is 24.9. The lowest BCUT2D eigenvalue weighted by molar-refractivity contribution is -0.163. The Bertz CT molecular complexity index is 1160. The molecular weight excluding hydrogens is 513 g/mol.